The van der Waals surface area contributed by atoms with E-state index in [1.54, 1.807) is 43.9 Å². The molecule has 1 fully saturated rings. The predicted molar refractivity (Wildman–Crippen MR) is 94.2 cm³/mol. The standard InChI is InChI=1S/C17H24N4O4/c1-17(2,3)25-16(24)20-19-15(23)18-12-7-6-8-13(11-12)21-10-5-4-9-14(21)22/h6-8,11H,4-5,9-10H2,1-3H3,(H,20,24)(H2,18,19,23). The Balaban J connectivity index is 1.90. The number of hydrazine groups is 1. The summed E-state index contributed by atoms with van der Waals surface area (Å²) in [7, 11) is 0. The molecule has 0 bridgehead atoms. The van der Waals surface area contributed by atoms with E-state index < -0.39 is 17.7 Å². The maximum atomic E-state index is 12.0. The lowest BCUT2D eigenvalue weighted by atomic mass is 10.1. The third kappa shape index (κ3) is 5.98. The van der Waals surface area contributed by atoms with Gasteiger partial charge in [0.15, 0.2) is 0 Å². The minimum Gasteiger partial charge on any atom is -0.443 e. The van der Waals surface area contributed by atoms with Crippen LogP contribution in [0.15, 0.2) is 24.3 Å². The first-order valence-corrected chi connectivity index (χ1v) is 8.21. The van der Waals surface area contributed by atoms with Crippen molar-refractivity contribution in [2.75, 3.05) is 16.8 Å². The lowest BCUT2D eigenvalue weighted by Crippen LogP contribution is -2.46. The van der Waals surface area contributed by atoms with Crippen molar-refractivity contribution in [1.29, 1.82) is 0 Å². The maximum Gasteiger partial charge on any atom is 0.426 e. The quantitative estimate of drug-likeness (QED) is 0.716. The molecular weight excluding hydrogens is 324 g/mol. The minimum atomic E-state index is -0.754. The molecule has 0 aliphatic carbocycles. The molecule has 1 aliphatic heterocycles. The van der Waals surface area contributed by atoms with E-state index in [1.165, 1.54) is 0 Å². The number of rotatable bonds is 2. The number of hydrogen-bond acceptors (Lipinski definition) is 4. The molecule has 1 aromatic rings. The Hall–Kier alpha value is -2.77. The number of ether oxygens (including phenoxy) is 1. The van der Waals surface area contributed by atoms with E-state index in [-0.39, 0.29) is 5.91 Å². The molecule has 0 spiro atoms. The zero-order valence-corrected chi connectivity index (χ0v) is 14.7. The van der Waals surface area contributed by atoms with Crippen molar-refractivity contribution < 1.29 is 19.1 Å². The normalized spacial score (nSPS) is 14.7. The number of carbonyl (C=O) groups excluding carboxylic acids is 3. The summed E-state index contributed by atoms with van der Waals surface area (Å²) < 4.78 is 5.01. The highest BCUT2D eigenvalue weighted by atomic mass is 16.6. The van der Waals surface area contributed by atoms with Crippen LogP contribution in [0.2, 0.25) is 0 Å². The summed E-state index contributed by atoms with van der Waals surface area (Å²) in [6.07, 6.45) is 1.66. The van der Waals surface area contributed by atoms with Gasteiger partial charge >= 0.3 is 12.1 Å². The van der Waals surface area contributed by atoms with Crippen LogP contribution in [-0.2, 0) is 9.53 Å². The Morgan fingerprint density at radius 1 is 1.16 bits per heavy atom. The molecule has 8 heteroatoms. The van der Waals surface area contributed by atoms with Crippen molar-refractivity contribution >= 4 is 29.4 Å². The molecule has 8 nitrogen and oxygen atoms in total. The van der Waals surface area contributed by atoms with Gasteiger partial charge in [-0.1, -0.05) is 6.07 Å². The van der Waals surface area contributed by atoms with Crippen LogP contribution < -0.4 is 21.1 Å². The smallest absolute Gasteiger partial charge is 0.426 e. The molecule has 0 saturated carbocycles. The van der Waals surface area contributed by atoms with Gasteiger partial charge in [-0.25, -0.2) is 20.4 Å². The molecule has 1 heterocycles. The van der Waals surface area contributed by atoms with E-state index in [0.29, 0.717) is 18.7 Å². The van der Waals surface area contributed by atoms with Crippen LogP contribution in [-0.4, -0.2) is 30.2 Å². The van der Waals surface area contributed by atoms with Crippen molar-refractivity contribution in [1.82, 2.24) is 10.9 Å². The van der Waals surface area contributed by atoms with Crippen LogP contribution in [0.1, 0.15) is 40.0 Å². The second-order valence-corrected chi connectivity index (χ2v) is 6.76. The lowest BCUT2D eigenvalue weighted by molar-refractivity contribution is -0.119. The van der Waals surface area contributed by atoms with Crippen molar-refractivity contribution in [3.8, 4) is 0 Å². The van der Waals surface area contributed by atoms with E-state index in [1.807, 2.05) is 6.07 Å². The summed E-state index contributed by atoms with van der Waals surface area (Å²) in [5.41, 5.74) is 4.96. The van der Waals surface area contributed by atoms with Gasteiger partial charge in [-0.05, 0) is 51.8 Å². The Morgan fingerprint density at radius 3 is 2.60 bits per heavy atom. The van der Waals surface area contributed by atoms with Gasteiger partial charge in [0.05, 0.1) is 0 Å². The second-order valence-electron chi connectivity index (χ2n) is 6.76. The summed E-state index contributed by atoms with van der Waals surface area (Å²) in [6, 6.07) is 6.38. The van der Waals surface area contributed by atoms with Crippen LogP contribution in [0.3, 0.4) is 0 Å². The summed E-state index contributed by atoms with van der Waals surface area (Å²) in [5.74, 6) is 0.0828. The number of anilines is 2. The van der Waals surface area contributed by atoms with Gasteiger partial charge in [-0.2, -0.15) is 0 Å². The highest BCUT2D eigenvalue weighted by molar-refractivity contribution is 5.96. The average Bonchev–Trinajstić information content (AvgIpc) is 2.52. The molecule has 3 N–H and O–H groups in total. The summed E-state index contributed by atoms with van der Waals surface area (Å²) in [6.45, 7) is 5.84. The van der Waals surface area contributed by atoms with Crippen LogP contribution in [0.25, 0.3) is 0 Å². The summed E-state index contributed by atoms with van der Waals surface area (Å²) >= 11 is 0. The molecule has 25 heavy (non-hydrogen) atoms. The Bertz CT molecular complexity index is 654. The van der Waals surface area contributed by atoms with E-state index in [4.69, 9.17) is 4.74 Å². The topological polar surface area (TPSA) is 99.8 Å². The van der Waals surface area contributed by atoms with E-state index >= 15 is 0 Å². The molecule has 4 amide bonds. The number of urea groups is 1. The number of piperidine rings is 1. The number of benzene rings is 1. The molecule has 0 radical (unpaired) electrons. The van der Waals surface area contributed by atoms with Gasteiger partial charge < -0.3 is 15.0 Å². The largest absolute Gasteiger partial charge is 0.443 e. The molecule has 1 aromatic carbocycles. The van der Waals surface area contributed by atoms with Crippen molar-refractivity contribution in [3.63, 3.8) is 0 Å². The molecular formula is C17H24N4O4. The van der Waals surface area contributed by atoms with Crippen molar-refractivity contribution in [3.05, 3.63) is 24.3 Å². The van der Waals surface area contributed by atoms with Crippen molar-refractivity contribution in [2.45, 2.75) is 45.6 Å². The third-order valence-corrected chi connectivity index (χ3v) is 3.42. The number of nitrogens with zero attached hydrogens (tertiary/aromatic N) is 1. The van der Waals surface area contributed by atoms with Gasteiger partial charge in [0.25, 0.3) is 0 Å². The molecule has 0 unspecified atom stereocenters. The molecule has 136 valence electrons. The average molecular weight is 348 g/mol. The van der Waals surface area contributed by atoms with E-state index in [2.05, 4.69) is 16.2 Å². The number of nitrogens with one attached hydrogen (secondary N) is 3. The lowest BCUT2D eigenvalue weighted by Gasteiger charge is -2.27. The molecule has 1 aliphatic rings. The second kappa shape index (κ2) is 7.87. The molecule has 0 atom stereocenters. The summed E-state index contributed by atoms with van der Waals surface area (Å²) in [4.78, 5) is 37.1. The fraction of sp³-hybridized carbons (Fsp3) is 0.471. The van der Waals surface area contributed by atoms with Crippen molar-refractivity contribution in [2.24, 2.45) is 0 Å². The van der Waals surface area contributed by atoms with Gasteiger partial charge in [0.2, 0.25) is 5.91 Å². The Kier molecular flexibility index (Phi) is 5.84. The highest BCUT2D eigenvalue weighted by Gasteiger charge is 2.20. The Morgan fingerprint density at radius 2 is 1.92 bits per heavy atom. The van der Waals surface area contributed by atoms with Gasteiger partial charge in [0, 0.05) is 24.3 Å². The summed E-state index contributed by atoms with van der Waals surface area (Å²) in [5, 5.41) is 2.60. The van der Waals surface area contributed by atoms with Crippen LogP contribution in [0.5, 0.6) is 0 Å². The predicted octanol–water partition coefficient (Wildman–Crippen LogP) is 2.76. The highest BCUT2D eigenvalue weighted by Crippen LogP contribution is 2.23. The third-order valence-electron chi connectivity index (χ3n) is 3.42. The Labute approximate surface area is 146 Å². The molecule has 2 rings (SSSR count). The first-order chi connectivity index (χ1) is 11.7. The number of carbonyl (C=O) groups is 3. The maximum absolute atomic E-state index is 12.0. The first-order valence-electron chi connectivity index (χ1n) is 8.21. The van der Waals surface area contributed by atoms with Gasteiger partial charge in [0.1, 0.15) is 5.60 Å². The van der Waals surface area contributed by atoms with Crippen LogP contribution in [0, 0.1) is 0 Å². The zero-order chi connectivity index (χ0) is 18.4. The van der Waals surface area contributed by atoms with E-state index in [0.717, 1.165) is 18.5 Å². The minimum absolute atomic E-state index is 0.0828. The van der Waals surface area contributed by atoms with E-state index in [9.17, 15) is 14.4 Å². The fourth-order valence-electron chi connectivity index (χ4n) is 2.40. The van der Waals surface area contributed by atoms with Crippen LogP contribution in [0.4, 0.5) is 21.0 Å². The van der Waals surface area contributed by atoms with Crippen LogP contribution >= 0.6 is 0 Å². The zero-order valence-electron chi connectivity index (χ0n) is 14.7. The SMILES string of the molecule is CC(C)(C)OC(=O)NNC(=O)Nc1cccc(N2CCCCC2=O)c1. The molecule has 0 aromatic heterocycles. The number of amides is 4. The fourth-order valence-corrected chi connectivity index (χ4v) is 2.40. The monoisotopic (exact) mass is 348 g/mol. The first kappa shape index (κ1) is 18.6. The number of hydrogen-bond donors (Lipinski definition) is 3. The molecule has 1 saturated heterocycles. The van der Waals surface area contributed by atoms with Gasteiger partial charge in [-0.15, -0.1) is 0 Å². The van der Waals surface area contributed by atoms with Gasteiger partial charge in [-0.3, -0.25) is 4.79 Å².